The Balaban J connectivity index is 1.82. The molecule has 1 aliphatic heterocycles. The van der Waals surface area contributed by atoms with Gasteiger partial charge in [0.25, 0.3) is 11.8 Å². The summed E-state index contributed by atoms with van der Waals surface area (Å²) in [5, 5.41) is 2.75. The van der Waals surface area contributed by atoms with Crippen LogP contribution in [-0.4, -0.2) is 29.8 Å². The van der Waals surface area contributed by atoms with Crippen molar-refractivity contribution in [3.8, 4) is 0 Å². The van der Waals surface area contributed by atoms with Crippen LogP contribution in [0.15, 0.2) is 58.8 Å². The van der Waals surface area contributed by atoms with Crippen LogP contribution in [0.5, 0.6) is 0 Å². The highest BCUT2D eigenvalue weighted by Crippen LogP contribution is 2.18. The van der Waals surface area contributed by atoms with Crippen LogP contribution in [0.2, 0.25) is 0 Å². The maximum absolute atomic E-state index is 12.9. The first kappa shape index (κ1) is 17.0. The quantitative estimate of drug-likeness (QED) is 0.870. The Bertz CT molecular complexity index is 751. The molecule has 0 radical (unpaired) electrons. The number of hydrogen-bond donors (Lipinski definition) is 1. The second kappa shape index (κ2) is 7.83. The standard InChI is InChI=1S/C20H22N2O3/c1-15-7-5-11-22(14-15)20(24)18(13-17-10-6-12-25-17)21-19(23)16-8-3-2-4-9-16/h2-4,6,8-10,12-13,15H,5,7,11,14H2,1H3,(H,21,23)/b18-13-/t15-/m1/s1. The smallest absolute Gasteiger partial charge is 0.270 e. The third-order valence-corrected chi connectivity index (χ3v) is 4.29. The van der Waals surface area contributed by atoms with Crippen molar-refractivity contribution in [1.29, 1.82) is 0 Å². The Morgan fingerprint density at radius 3 is 2.68 bits per heavy atom. The molecule has 1 aromatic heterocycles. The second-order valence-electron chi connectivity index (χ2n) is 6.39. The molecule has 1 atom stereocenters. The van der Waals surface area contributed by atoms with Crippen LogP contribution in [0.4, 0.5) is 0 Å². The lowest BCUT2D eigenvalue weighted by Gasteiger charge is -2.31. The zero-order valence-corrected chi connectivity index (χ0v) is 14.3. The molecule has 25 heavy (non-hydrogen) atoms. The number of likely N-dealkylation sites (tertiary alicyclic amines) is 1. The Morgan fingerprint density at radius 2 is 2.00 bits per heavy atom. The molecule has 1 aliphatic rings. The number of carbonyl (C=O) groups is 2. The number of carbonyl (C=O) groups excluding carboxylic acids is 2. The maximum atomic E-state index is 12.9. The third-order valence-electron chi connectivity index (χ3n) is 4.29. The fourth-order valence-electron chi connectivity index (χ4n) is 3.00. The molecule has 2 aromatic rings. The summed E-state index contributed by atoms with van der Waals surface area (Å²) in [6, 6.07) is 12.4. The third kappa shape index (κ3) is 4.38. The van der Waals surface area contributed by atoms with Crippen LogP contribution in [0, 0.1) is 5.92 Å². The Hall–Kier alpha value is -2.82. The SMILES string of the molecule is C[C@@H]1CCCN(C(=O)/C(=C/c2ccco2)NC(=O)c2ccccc2)C1. The van der Waals surface area contributed by atoms with E-state index in [1.807, 2.05) is 6.07 Å². The van der Waals surface area contributed by atoms with Gasteiger partial charge in [-0.25, -0.2) is 0 Å². The summed E-state index contributed by atoms with van der Waals surface area (Å²) < 4.78 is 5.31. The molecular weight excluding hydrogens is 316 g/mol. The first-order valence-electron chi connectivity index (χ1n) is 8.54. The molecule has 130 valence electrons. The Morgan fingerprint density at radius 1 is 1.20 bits per heavy atom. The number of benzene rings is 1. The summed E-state index contributed by atoms with van der Waals surface area (Å²) in [6.07, 6.45) is 5.23. The summed E-state index contributed by atoms with van der Waals surface area (Å²) in [7, 11) is 0. The van der Waals surface area contributed by atoms with E-state index in [2.05, 4.69) is 12.2 Å². The molecule has 1 saturated heterocycles. The van der Waals surface area contributed by atoms with Crippen molar-refractivity contribution in [1.82, 2.24) is 10.2 Å². The van der Waals surface area contributed by atoms with Crippen LogP contribution in [0.25, 0.3) is 6.08 Å². The maximum Gasteiger partial charge on any atom is 0.270 e. The molecule has 0 saturated carbocycles. The lowest BCUT2D eigenvalue weighted by molar-refractivity contribution is -0.129. The summed E-state index contributed by atoms with van der Waals surface area (Å²) in [6.45, 7) is 3.55. The molecule has 0 aliphatic carbocycles. The van der Waals surface area contributed by atoms with Crippen molar-refractivity contribution in [3.63, 3.8) is 0 Å². The average Bonchev–Trinajstić information content (AvgIpc) is 3.14. The Kier molecular flexibility index (Phi) is 5.33. The van der Waals surface area contributed by atoms with E-state index in [1.54, 1.807) is 47.4 Å². The van der Waals surface area contributed by atoms with E-state index < -0.39 is 0 Å². The largest absolute Gasteiger partial charge is 0.465 e. The minimum Gasteiger partial charge on any atom is -0.465 e. The zero-order chi connectivity index (χ0) is 17.6. The van der Waals surface area contributed by atoms with Crippen molar-refractivity contribution in [2.24, 2.45) is 5.92 Å². The van der Waals surface area contributed by atoms with Crippen molar-refractivity contribution < 1.29 is 14.0 Å². The summed E-state index contributed by atoms with van der Waals surface area (Å²) in [4.78, 5) is 27.2. The number of piperidine rings is 1. The molecule has 2 amide bonds. The van der Waals surface area contributed by atoms with E-state index in [0.717, 1.165) is 12.8 Å². The van der Waals surface area contributed by atoms with Gasteiger partial charge in [0.2, 0.25) is 0 Å². The van der Waals surface area contributed by atoms with Gasteiger partial charge < -0.3 is 14.6 Å². The molecule has 1 aromatic carbocycles. The summed E-state index contributed by atoms with van der Waals surface area (Å²) in [5.74, 6) is 0.512. The van der Waals surface area contributed by atoms with Gasteiger partial charge in [-0.3, -0.25) is 9.59 Å². The monoisotopic (exact) mass is 338 g/mol. The number of nitrogens with zero attached hydrogens (tertiary/aromatic N) is 1. The fourth-order valence-corrected chi connectivity index (χ4v) is 3.00. The minimum atomic E-state index is -0.309. The van der Waals surface area contributed by atoms with Crippen LogP contribution >= 0.6 is 0 Å². The highest BCUT2D eigenvalue weighted by molar-refractivity contribution is 6.05. The zero-order valence-electron chi connectivity index (χ0n) is 14.3. The van der Waals surface area contributed by atoms with Crippen molar-refractivity contribution in [2.75, 3.05) is 13.1 Å². The lowest BCUT2D eigenvalue weighted by atomic mass is 10.00. The van der Waals surface area contributed by atoms with Gasteiger partial charge in [-0.05, 0) is 43.0 Å². The Labute approximate surface area is 147 Å². The van der Waals surface area contributed by atoms with E-state index in [4.69, 9.17) is 4.42 Å². The molecule has 5 nitrogen and oxygen atoms in total. The average molecular weight is 338 g/mol. The number of rotatable bonds is 4. The van der Waals surface area contributed by atoms with E-state index in [-0.39, 0.29) is 17.5 Å². The van der Waals surface area contributed by atoms with Gasteiger partial charge in [-0.1, -0.05) is 25.1 Å². The van der Waals surface area contributed by atoms with Gasteiger partial charge in [0.1, 0.15) is 11.5 Å². The molecular formula is C20H22N2O3. The predicted octanol–water partition coefficient (Wildman–Crippen LogP) is 3.31. The second-order valence-corrected chi connectivity index (χ2v) is 6.39. The molecule has 0 bridgehead atoms. The van der Waals surface area contributed by atoms with Gasteiger partial charge >= 0.3 is 0 Å². The van der Waals surface area contributed by atoms with E-state index >= 15 is 0 Å². The molecule has 0 unspecified atom stereocenters. The normalized spacial score (nSPS) is 18.0. The van der Waals surface area contributed by atoms with Crippen molar-refractivity contribution in [2.45, 2.75) is 19.8 Å². The summed E-state index contributed by atoms with van der Waals surface area (Å²) in [5.41, 5.74) is 0.741. The molecule has 3 rings (SSSR count). The number of amides is 2. The molecule has 1 fully saturated rings. The molecule has 1 N–H and O–H groups in total. The first-order chi connectivity index (χ1) is 12.1. The molecule has 5 heteroatoms. The minimum absolute atomic E-state index is 0.174. The first-order valence-corrected chi connectivity index (χ1v) is 8.54. The van der Waals surface area contributed by atoms with Crippen LogP contribution in [0.3, 0.4) is 0 Å². The highest BCUT2D eigenvalue weighted by Gasteiger charge is 2.25. The lowest BCUT2D eigenvalue weighted by Crippen LogP contribution is -2.43. The van der Waals surface area contributed by atoms with Crippen LogP contribution in [-0.2, 0) is 4.79 Å². The van der Waals surface area contributed by atoms with Crippen molar-refractivity contribution in [3.05, 3.63) is 65.7 Å². The number of hydrogen-bond acceptors (Lipinski definition) is 3. The van der Waals surface area contributed by atoms with Crippen LogP contribution in [0.1, 0.15) is 35.9 Å². The summed E-state index contributed by atoms with van der Waals surface area (Å²) >= 11 is 0. The van der Waals surface area contributed by atoms with Gasteiger partial charge in [0, 0.05) is 24.7 Å². The van der Waals surface area contributed by atoms with E-state index in [9.17, 15) is 9.59 Å². The highest BCUT2D eigenvalue weighted by atomic mass is 16.3. The number of nitrogens with one attached hydrogen (secondary N) is 1. The topological polar surface area (TPSA) is 62.6 Å². The van der Waals surface area contributed by atoms with Crippen LogP contribution < -0.4 is 5.32 Å². The number of furan rings is 1. The fraction of sp³-hybridized carbons (Fsp3) is 0.300. The van der Waals surface area contributed by atoms with Gasteiger partial charge in [0.05, 0.1) is 6.26 Å². The molecule has 0 spiro atoms. The molecule has 2 heterocycles. The van der Waals surface area contributed by atoms with Gasteiger partial charge in [0.15, 0.2) is 0 Å². The van der Waals surface area contributed by atoms with Gasteiger partial charge in [-0.15, -0.1) is 0 Å². The van der Waals surface area contributed by atoms with Crippen molar-refractivity contribution >= 4 is 17.9 Å². The van der Waals surface area contributed by atoms with E-state index in [0.29, 0.717) is 30.3 Å². The predicted molar refractivity (Wildman–Crippen MR) is 95.6 cm³/mol. The van der Waals surface area contributed by atoms with E-state index in [1.165, 1.54) is 6.26 Å². The van der Waals surface area contributed by atoms with Gasteiger partial charge in [-0.2, -0.15) is 0 Å².